The second kappa shape index (κ2) is 13.0. The van der Waals surface area contributed by atoms with Gasteiger partial charge in [0, 0.05) is 0 Å². The molecule has 1 aliphatic rings. The number of nitrogens with zero attached hydrogens (tertiary/aromatic N) is 2. The summed E-state index contributed by atoms with van der Waals surface area (Å²) in [5.74, 6) is -0.158. The smallest absolute Gasteiger partial charge is 0.338 e. The molecule has 0 unspecified atom stereocenters. The molecule has 0 aliphatic carbocycles. The Morgan fingerprint density at radius 1 is 0.884 bits per heavy atom. The molecule has 0 saturated carbocycles. The fourth-order valence-electron chi connectivity index (χ4n) is 4.79. The van der Waals surface area contributed by atoms with Crippen molar-refractivity contribution >= 4 is 29.4 Å². The van der Waals surface area contributed by atoms with Crippen molar-refractivity contribution in [1.29, 1.82) is 0 Å². The van der Waals surface area contributed by atoms with Crippen LogP contribution in [0.3, 0.4) is 0 Å². The van der Waals surface area contributed by atoms with Gasteiger partial charge in [0.2, 0.25) is 0 Å². The largest absolute Gasteiger partial charge is 0.489 e. The van der Waals surface area contributed by atoms with E-state index in [1.165, 1.54) is 11.3 Å². The van der Waals surface area contributed by atoms with Crippen LogP contribution in [-0.2, 0) is 20.9 Å². The molecule has 5 rings (SSSR count). The highest BCUT2D eigenvalue weighted by atomic mass is 32.1. The predicted octanol–water partition coefficient (Wildman–Crippen LogP) is 4.86. The molecular weight excluding hydrogens is 564 g/mol. The normalized spacial score (nSPS) is 14.6. The Morgan fingerprint density at radius 3 is 2.19 bits per heavy atom. The first-order chi connectivity index (χ1) is 20.8. The summed E-state index contributed by atoms with van der Waals surface area (Å²) >= 11 is 1.28. The highest BCUT2D eigenvalue weighted by Crippen LogP contribution is 2.30. The van der Waals surface area contributed by atoms with Gasteiger partial charge in [-0.25, -0.2) is 14.6 Å². The summed E-state index contributed by atoms with van der Waals surface area (Å²) in [6.45, 7) is 8.18. The van der Waals surface area contributed by atoms with Crippen LogP contribution in [0.4, 0.5) is 0 Å². The van der Waals surface area contributed by atoms with Crippen molar-refractivity contribution in [2.75, 3.05) is 13.2 Å². The molecule has 4 aromatic rings. The monoisotopic (exact) mass is 596 g/mol. The number of carbonyl (C=O) groups excluding carboxylic acids is 2. The number of benzene rings is 3. The van der Waals surface area contributed by atoms with Crippen LogP contribution in [0, 0.1) is 6.92 Å². The molecule has 220 valence electrons. The van der Waals surface area contributed by atoms with Crippen molar-refractivity contribution in [3.63, 3.8) is 0 Å². The van der Waals surface area contributed by atoms with Crippen molar-refractivity contribution < 1.29 is 23.8 Å². The van der Waals surface area contributed by atoms with Crippen molar-refractivity contribution in [2.45, 2.75) is 40.3 Å². The molecule has 0 saturated heterocycles. The van der Waals surface area contributed by atoms with E-state index in [9.17, 15) is 14.4 Å². The van der Waals surface area contributed by atoms with Crippen LogP contribution in [0.2, 0.25) is 0 Å². The van der Waals surface area contributed by atoms with Crippen molar-refractivity contribution in [3.05, 3.63) is 132 Å². The van der Waals surface area contributed by atoms with E-state index >= 15 is 0 Å². The van der Waals surface area contributed by atoms with Gasteiger partial charge in [0.05, 0.1) is 40.6 Å². The van der Waals surface area contributed by atoms with E-state index in [1.807, 2.05) is 73.7 Å². The maximum atomic E-state index is 13.8. The SMILES string of the molecule is CCOC(=O)C1=C(C)N=c2s/c(=C\c3ccc(OCc4ccc(C(=O)OCC)cc4)cc3)c(=O)n2[C@@H]1c1ccc(C)cc1. The van der Waals surface area contributed by atoms with Crippen LogP contribution in [0.5, 0.6) is 5.75 Å². The number of rotatable bonds is 9. The minimum absolute atomic E-state index is 0.224. The van der Waals surface area contributed by atoms with Crippen molar-refractivity contribution in [3.8, 4) is 5.75 Å². The Morgan fingerprint density at radius 2 is 1.53 bits per heavy atom. The number of hydrogen-bond acceptors (Lipinski definition) is 8. The van der Waals surface area contributed by atoms with Crippen LogP contribution in [-0.4, -0.2) is 29.7 Å². The summed E-state index contributed by atoms with van der Waals surface area (Å²) in [6, 6.07) is 21.7. The molecule has 8 nitrogen and oxygen atoms in total. The Bertz CT molecular complexity index is 1850. The molecule has 0 fully saturated rings. The second-order valence-corrected chi connectivity index (χ2v) is 11.0. The lowest BCUT2D eigenvalue weighted by molar-refractivity contribution is -0.139. The first-order valence-electron chi connectivity index (χ1n) is 14.0. The number of allylic oxidation sites excluding steroid dienone is 1. The van der Waals surface area contributed by atoms with Gasteiger partial charge < -0.3 is 14.2 Å². The fourth-order valence-corrected chi connectivity index (χ4v) is 5.83. The van der Waals surface area contributed by atoms with E-state index < -0.39 is 12.0 Å². The Kier molecular flexibility index (Phi) is 9.01. The molecule has 0 amide bonds. The number of esters is 2. The van der Waals surface area contributed by atoms with Gasteiger partial charge in [-0.05, 0) is 74.7 Å². The zero-order chi connectivity index (χ0) is 30.5. The first kappa shape index (κ1) is 29.7. The van der Waals surface area contributed by atoms with Gasteiger partial charge in [0.15, 0.2) is 4.80 Å². The molecule has 0 radical (unpaired) electrons. The van der Waals surface area contributed by atoms with E-state index in [4.69, 9.17) is 14.2 Å². The lowest BCUT2D eigenvalue weighted by Crippen LogP contribution is -2.39. The van der Waals surface area contributed by atoms with Gasteiger partial charge >= 0.3 is 11.9 Å². The molecule has 0 spiro atoms. The van der Waals surface area contributed by atoms with Gasteiger partial charge in [-0.1, -0.05) is 65.4 Å². The van der Waals surface area contributed by atoms with Gasteiger partial charge in [0.1, 0.15) is 12.4 Å². The van der Waals surface area contributed by atoms with E-state index in [1.54, 1.807) is 37.5 Å². The second-order valence-electron chi connectivity index (χ2n) is 9.99. The summed E-state index contributed by atoms with van der Waals surface area (Å²) < 4.78 is 18.4. The van der Waals surface area contributed by atoms with Crippen LogP contribution < -0.4 is 19.6 Å². The van der Waals surface area contributed by atoms with Gasteiger partial charge in [0.25, 0.3) is 5.56 Å². The zero-order valence-corrected chi connectivity index (χ0v) is 25.3. The Labute approximate surface area is 253 Å². The predicted molar refractivity (Wildman–Crippen MR) is 165 cm³/mol. The van der Waals surface area contributed by atoms with Crippen molar-refractivity contribution in [2.24, 2.45) is 4.99 Å². The van der Waals surface area contributed by atoms with Crippen LogP contribution in [0.1, 0.15) is 59.4 Å². The third-order valence-electron chi connectivity index (χ3n) is 6.96. The number of fused-ring (bicyclic) bond motifs is 1. The average Bonchev–Trinajstić information content (AvgIpc) is 3.30. The topological polar surface area (TPSA) is 96.2 Å². The summed E-state index contributed by atoms with van der Waals surface area (Å²) in [5, 5.41) is 0. The van der Waals surface area contributed by atoms with Crippen LogP contribution in [0.25, 0.3) is 6.08 Å². The number of aryl methyl sites for hydroxylation is 1. The lowest BCUT2D eigenvalue weighted by Gasteiger charge is -2.24. The number of thiazole rings is 1. The number of ether oxygens (including phenoxy) is 3. The molecular formula is C34H32N2O6S. The molecule has 0 N–H and O–H groups in total. The number of hydrogen-bond donors (Lipinski definition) is 0. The summed E-state index contributed by atoms with van der Waals surface area (Å²) in [4.78, 5) is 43.8. The standard InChI is InChI=1S/C34H32N2O6S/c1-5-40-32(38)26-15-9-24(10-16-26)20-42-27-17-11-23(12-18-27)19-28-31(37)36-30(25-13-7-21(3)8-14-25)29(33(39)41-6-2)22(4)35-34(36)43-28/h7-19,30H,5-6,20H2,1-4H3/b28-19-/t30-/m1/s1. The Balaban J connectivity index is 1.40. The number of aromatic nitrogens is 1. The summed E-state index contributed by atoms with van der Waals surface area (Å²) in [6.07, 6.45) is 1.82. The van der Waals surface area contributed by atoms with E-state index in [0.29, 0.717) is 45.1 Å². The van der Waals surface area contributed by atoms with E-state index in [-0.39, 0.29) is 18.1 Å². The maximum absolute atomic E-state index is 13.8. The third kappa shape index (κ3) is 6.52. The minimum atomic E-state index is -0.639. The molecule has 1 aliphatic heterocycles. The first-order valence-corrected chi connectivity index (χ1v) is 14.9. The maximum Gasteiger partial charge on any atom is 0.338 e. The minimum Gasteiger partial charge on any atom is -0.489 e. The highest BCUT2D eigenvalue weighted by molar-refractivity contribution is 7.07. The highest BCUT2D eigenvalue weighted by Gasteiger charge is 2.33. The third-order valence-corrected chi connectivity index (χ3v) is 7.94. The summed E-state index contributed by atoms with van der Waals surface area (Å²) in [5.41, 5.74) is 4.80. The summed E-state index contributed by atoms with van der Waals surface area (Å²) in [7, 11) is 0. The lowest BCUT2D eigenvalue weighted by atomic mass is 9.95. The zero-order valence-electron chi connectivity index (χ0n) is 24.5. The number of carbonyl (C=O) groups is 2. The molecule has 0 bridgehead atoms. The van der Waals surface area contributed by atoms with Gasteiger partial charge in [-0.15, -0.1) is 0 Å². The molecule has 3 aromatic carbocycles. The molecule has 2 heterocycles. The Hall–Kier alpha value is -4.76. The van der Waals surface area contributed by atoms with Crippen LogP contribution in [0.15, 0.2) is 93.9 Å². The van der Waals surface area contributed by atoms with Gasteiger partial charge in [-0.3, -0.25) is 9.36 Å². The molecule has 1 aromatic heterocycles. The molecule has 9 heteroatoms. The molecule has 43 heavy (non-hydrogen) atoms. The van der Waals surface area contributed by atoms with Crippen LogP contribution >= 0.6 is 11.3 Å². The van der Waals surface area contributed by atoms with E-state index in [2.05, 4.69) is 4.99 Å². The van der Waals surface area contributed by atoms with E-state index in [0.717, 1.165) is 22.3 Å². The molecule has 1 atom stereocenters. The fraction of sp³-hybridized carbons (Fsp3) is 0.235. The van der Waals surface area contributed by atoms with Crippen molar-refractivity contribution in [1.82, 2.24) is 4.57 Å². The van der Waals surface area contributed by atoms with Gasteiger partial charge in [-0.2, -0.15) is 0 Å². The average molecular weight is 597 g/mol. The quantitative estimate of drug-likeness (QED) is 0.256.